The second-order valence-electron chi connectivity index (χ2n) is 4.24. The van der Waals surface area contributed by atoms with Crippen LogP contribution in [0, 0.1) is 23.7 Å². The number of rotatable bonds is 1. The van der Waals surface area contributed by atoms with Crippen LogP contribution in [0.5, 0.6) is 0 Å². The molecule has 0 saturated heterocycles. The SMILES string of the molecule is C1=C[C@@H]2[C@H](C1)C[C@H]2C1CC1. The van der Waals surface area contributed by atoms with Gasteiger partial charge in [0, 0.05) is 0 Å². The summed E-state index contributed by atoms with van der Waals surface area (Å²) < 4.78 is 0. The Labute approximate surface area is 62.3 Å². The zero-order valence-corrected chi connectivity index (χ0v) is 6.29. The van der Waals surface area contributed by atoms with E-state index in [0.29, 0.717) is 0 Å². The molecule has 3 atom stereocenters. The molecule has 0 aromatic heterocycles. The van der Waals surface area contributed by atoms with Crippen LogP contribution >= 0.6 is 0 Å². The smallest absolute Gasteiger partial charge is 0.0171 e. The van der Waals surface area contributed by atoms with Gasteiger partial charge in [0.1, 0.15) is 0 Å². The normalized spacial score (nSPS) is 50.6. The molecule has 0 amide bonds. The molecule has 0 radical (unpaired) electrons. The van der Waals surface area contributed by atoms with Crippen LogP contribution in [0.3, 0.4) is 0 Å². The molecule has 0 bridgehead atoms. The highest BCUT2D eigenvalue weighted by Gasteiger charge is 2.47. The van der Waals surface area contributed by atoms with Gasteiger partial charge >= 0.3 is 0 Å². The molecule has 0 unspecified atom stereocenters. The van der Waals surface area contributed by atoms with Gasteiger partial charge in [-0.05, 0) is 49.4 Å². The molecule has 0 aromatic rings. The summed E-state index contributed by atoms with van der Waals surface area (Å²) in [5.74, 6) is 4.41. The van der Waals surface area contributed by atoms with Crippen molar-refractivity contribution in [1.29, 1.82) is 0 Å². The number of fused-ring (bicyclic) bond motifs is 1. The Morgan fingerprint density at radius 1 is 1.10 bits per heavy atom. The van der Waals surface area contributed by atoms with Crippen LogP contribution in [0.2, 0.25) is 0 Å². The average Bonchev–Trinajstić information content (AvgIpc) is 2.61. The summed E-state index contributed by atoms with van der Waals surface area (Å²) in [5.41, 5.74) is 0. The Morgan fingerprint density at radius 2 is 2.00 bits per heavy atom. The molecule has 0 spiro atoms. The van der Waals surface area contributed by atoms with Crippen molar-refractivity contribution in [2.24, 2.45) is 23.7 Å². The van der Waals surface area contributed by atoms with E-state index in [-0.39, 0.29) is 0 Å². The Balaban J connectivity index is 1.75. The maximum atomic E-state index is 2.48. The maximum absolute atomic E-state index is 2.48. The van der Waals surface area contributed by atoms with Gasteiger partial charge in [0.15, 0.2) is 0 Å². The average molecular weight is 134 g/mol. The standard InChI is InChI=1S/C10H14/c1-2-8-6-10(7-4-5-7)9(8)3-1/h1,3,7-10H,2,4-6H2/t8-,9-,10+/m1/s1. The van der Waals surface area contributed by atoms with Crippen molar-refractivity contribution in [3.05, 3.63) is 12.2 Å². The molecule has 0 heterocycles. The summed E-state index contributed by atoms with van der Waals surface area (Å²) in [6.07, 6.45) is 10.9. The minimum absolute atomic E-state index is 1.03. The molecule has 0 aromatic carbocycles. The molecule has 54 valence electrons. The molecule has 3 rings (SSSR count). The van der Waals surface area contributed by atoms with Crippen molar-refractivity contribution < 1.29 is 0 Å². The predicted octanol–water partition coefficient (Wildman–Crippen LogP) is 2.61. The minimum atomic E-state index is 1.03. The summed E-state index contributed by atoms with van der Waals surface area (Å²) in [5, 5.41) is 0. The maximum Gasteiger partial charge on any atom is -0.0171 e. The zero-order chi connectivity index (χ0) is 6.55. The van der Waals surface area contributed by atoms with Gasteiger partial charge in [0.25, 0.3) is 0 Å². The van der Waals surface area contributed by atoms with E-state index in [2.05, 4.69) is 12.2 Å². The third-order valence-corrected chi connectivity index (χ3v) is 3.64. The van der Waals surface area contributed by atoms with E-state index in [9.17, 15) is 0 Å². The van der Waals surface area contributed by atoms with E-state index in [4.69, 9.17) is 0 Å². The minimum Gasteiger partial charge on any atom is -0.0879 e. The second-order valence-corrected chi connectivity index (χ2v) is 4.24. The van der Waals surface area contributed by atoms with E-state index in [1.165, 1.54) is 6.42 Å². The van der Waals surface area contributed by atoms with Crippen molar-refractivity contribution in [2.75, 3.05) is 0 Å². The quantitative estimate of drug-likeness (QED) is 0.483. The molecule has 10 heavy (non-hydrogen) atoms. The molecule has 3 aliphatic rings. The molecular formula is C10H14. The largest absolute Gasteiger partial charge is 0.0879 e. The van der Waals surface area contributed by atoms with E-state index < -0.39 is 0 Å². The van der Waals surface area contributed by atoms with Crippen LogP contribution < -0.4 is 0 Å². The monoisotopic (exact) mass is 134 g/mol. The third-order valence-electron chi connectivity index (χ3n) is 3.64. The third kappa shape index (κ3) is 0.574. The van der Waals surface area contributed by atoms with Gasteiger partial charge in [-0.2, -0.15) is 0 Å². The lowest BCUT2D eigenvalue weighted by Gasteiger charge is -2.40. The van der Waals surface area contributed by atoms with E-state index in [1.54, 1.807) is 19.3 Å². The second kappa shape index (κ2) is 1.66. The lowest BCUT2D eigenvalue weighted by atomic mass is 9.64. The molecule has 2 saturated carbocycles. The van der Waals surface area contributed by atoms with Gasteiger partial charge in [-0.3, -0.25) is 0 Å². The number of hydrogen-bond donors (Lipinski definition) is 0. The van der Waals surface area contributed by atoms with Crippen molar-refractivity contribution >= 4 is 0 Å². The molecule has 2 fully saturated rings. The fourth-order valence-electron chi connectivity index (χ4n) is 2.81. The van der Waals surface area contributed by atoms with Gasteiger partial charge in [-0.25, -0.2) is 0 Å². The highest BCUT2D eigenvalue weighted by molar-refractivity contribution is 5.12. The number of hydrogen-bond acceptors (Lipinski definition) is 0. The highest BCUT2D eigenvalue weighted by Crippen LogP contribution is 2.56. The summed E-state index contributed by atoms with van der Waals surface area (Å²) in [4.78, 5) is 0. The lowest BCUT2D eigenvalue weighted by molar-refractivity contribution is 0.109. The van der Waals surface area contributed by atoms with Crippen LogP contribution in [-0.4, -0.2) is 0 Å². The van der Waals surface area contributed by atoms with Gasteiger partial charge in [-0.1, -0.05) is 12.2 Å². The van der Waals surface area contributed by atoms with Crippen molar-refractivity contribution in [3.8, 4) is 0 Å². The van der Waals surface area contributed by atoms with Crippen LogP contribution in [0.4, 0.5) is 0 Å². The van der Waals surface area contributed by atoms with Gasteiger partial charge < -0.3 is 0 Å². The predicted molar refractivity (Wildman–Crippen MR) is 41.6 cm³/mol. The molecular weight excluding hydrogens is 120 g/mol. The van der Waals surface area contributed by atoms with Gasteiger partial charge in [-0.15, -0.1) is 0 Å². The van der Waals surface area contributed by atoms with Crippen LogP contribution in [0.1, 0.15) is 25.7 Å². The fourth-order valence-corrected chi connectivity index (χ4v) is 2.81. The fraction of sp³-hybridized carbons (Fsp3) is 0.800. The van der Waals surface area contributed by atoms with E-state index in [1.807, 2.05) is 0 Å². The Kier molecular flexibility index (Phi) is 0.898. The highest BCUT2D eigenvalue weighted by atomic mass is 14.5. The van der Waals surface area contributed by atoms with Crippen molar-refractivity contribution in [2.45, 2.75) is 25.7 Å². The van der Waals surface area contributed by atoms with Crippen molar-refractivity contribution in [1.82, 2.24) is 0 Å². The van der Waals surface area contributed by atoms with E-state index in [0.717, 1.165) is 23.7 Å². The van der Waals surface area contributed by atoms with Gasteiger partial charge in [0.05, 0.1) is 0 Å². The Bertz CT molecular complexity index is 176. The first-order valence-electron chi connectivity index (χ1n) is 4.62. The molecule has 0 heteroatoms. The molecule has 0 aliphatic heterocycles. The lowest BCUT2D eigenvalue weighted by Crippen LogP contribution is -2.33. The van der Waals surface area contributed by atoms with Crippen LogP contribution in [0.15, 0.2) is 12.2 Å². The molecule has 0 N–H and O–H groups in total. The van der Waals surface area contributed by atoms with Crippen LogP contribution in [-0.2, 0) is 0 Å². The number of allylic oxidation sites excluding steroid dienone is 2. The first-order valence-corrected chi connectivity index (χ1v) is 4.62. The first-order chi connectivity index (χ1) is 4.95. The summed E-state index contributed by atoms with van der Waals surface area (Å²) in [6.45, 7) is 0. The summed E-state index contributed by atoms with van der Waals surface area (Å²) in [7, 11) is 0. The van der Waals surface area contributed by atoms with Crippen LogP contribution in [0.25, 0.3) is 0 Å². The summed E-state index contributed by atoms with van der Waals surface area (Å²) >= 11 is 0. The molecule has 0 nitrogen and oxygen atoms in total. The zero-order valence-electron chi connectivity index (χ0n) is 6.29. The topological polar surface area (TPSA) is 0 Å². The molecule has 3 aliphatic carbocycles. The van der Waals surface area contributed by atoms with E-state index >= 15 is 0 Å². The first kappa shape index (κ1) is 5.40. The Hall–Kier alpha value is -0.260. The van der Waals surface area contributed by atoms with Gasteiger partial charge in [0.2, 0.25) is 0 Å². The Morgan fingerprint density at radius 3 is 2.70 bits per heavy atom. The van der Waals surface area contributed by atoms with Crippen molar-refractivity contribution in [3.63, 3.8) is 0 Å². The summed E-state index contributed by atoms with van der Waals surface area (Å²) in [6, 6.07) is 0.